The second kappa shape index (κ2) is 11.4. The van der Waals surface area contributed by atoms with Gasteiger partial charge in [-0.2, -0.15) is 0 Å². The summed E-state index contributed by atoms with van der Waals surface area (Å²) in [6.07, 6.45) is 4.05. The number of carbonyl (C=O) groups excluding carboxylic acids is 2. The van der Waals surface area contributed by atoms with Crippen LogP contribution in [0.3, 0.4) is 0 Å². The van der Waals surface area contributed by atoms with Gasteiger partial charge in [0, 0.05) is 25.1 Å². The third kappa shape index (κ3) is 4.93. The van der Waals surface area contributed by atoms with Crippen molar-refractivity contribution in [1.29, 1.82) is 0 Å². The fraction of sp³-hybridized carbons (Fsp3) is 0.226. The summed E-state index contributed by atoms with van der Waals surface area (Å²) in [4.78, 5) is 27.3. The summed E-state index contributed by atoms with van der Waals surface area (Å²) < 4.78 is 6.39. The third-order valence-electron chi connectivity index (χ3n) is 7.10. The van der Waals surface area contributed by atoms with E-state index >= 15 is 0 Å². The third-order valence-corrected chi connectivity index (χ3v) is 7.10. The minimum absolute atomic E-state index is 0.102. The maximum Gasteiger partial charge on any atom is 0.307 e. The Kier molecular flexibility index (Phi) is 7.56. The molecule has 1 aliphatic rings. The number of methoxy groups -OCH3 is 1. The Hall–Kier alpha value is -4.36. The first-order valence-electron chi connectivity index (χ1n) is 12.7. The molecule has 0 aliphatic carbocycles. The van der Waals surface area contributed by atoms with Crippen molar-refractivity contribution < 1.29 is 14.3 Å². The number of nitrogens with zero attached hydrogens (tertiary/aromatic N) is 4. The Balaban J connectivity index is 1.60. The van der Waals surface area contributed by atoms with Gasteiger partial charge >= 0.3 is 5.97 Å². The van der Waals surface area contributed by atoms with Gasteiger partial charge in [0.25, 0.3) is 0 Å². The molecule has 2 heterocycles. The van der Waals surface area contributed by atoms with Gasteiger partial charge in [0.05, 0.1) is 37.5 Å². The van der Waals surface area contributed by atoms with Crippen molar-refractivity contribution in [3.05, 3.63) is 125 Å². The SMILES string of the molecule is COC(=O)CCn1nncc1C=C1CN(C(c2ccccc2)(c2ccccc2)c2ccccc2)CCC1=O. The lowest BCUT2D eigenvalue weighted by atomic mass is 9.74. The van der Waals surface area contributed by atoms with Crippen LogP contribution in [0, 0.1) is 0 Å². The quantitative estimate of drug-likeness (QED) is 0.199. The molecule has 7 heteroatoms. The zero-order valence-electron chi connectivity index (χ0n) is 21.4. The van der Waals surface area contributed by atoms with E-state index in [-0.39, 0.29) is 18.2 Å². The Labute approximate surface area is 222 Å². The van der Waals surface area contributed by atoms with Crippen LogP contribution in [-0.4, -0.2) is 51.8 Å². The van der Waals surface area contributed by atoms with E-state index in [9.17, 15) is 9.59 Å². The number of rotatable bonds is 8. The fourth-order valence-corrected chi connectivity index (χ4v) is 5.30. The van der Waals surface area contributed by atoms with E-state index in [4.69, 9.17) is 4.74 Å². The minimum atomic E-state index is -0.604. The number of Topliss-reactive ketones (excluding diaryl/α,β-unsaturated/α-hetero) is 1. The van der Waals surface area contributed by atoms with E-state index < -0.39 is 5.54 Å². The predicted octanol–water partition coefficient (Wildman–Crippen LogP) is 4.49. The molecule has 1 saturated heterocycles. The van der Waals surface area contributed by atoms with Crippen molar-refractivity contribution in [2.45, 2.75) is 24.9 Å². The standard InChI is InChI=1S/C31H30N4O3/c1-38-30(37)18-20-35-28(22-32-33-35)21-24-23-34(19-17-29(24)36)31(25-11-5-2-6-12-25,26-13-7-3-8-14-26)27-15-9-4-10-16-27/h2-16,21-22H,17-20,23H2,1H3. The van der Waals surface area contributed by atoms with Crippen LogP contribution in [0.2, 0.25) is 0 Å². The second-order valence-corrected chi connectivity index (χ2v) is 9.28. The van der Waals surface area contributed by atoms with Crippen molar-refractivity contribution in [2.24, 2.45) is 0 Å². The number of hydrogen-bond donors (Lipinski definition) is 0. The molecule has 0 bridgehead atoms. The molecule has 0 radical (unpaired) electrons. The lowest BCUT2D eigenvalue weighted by Gasteiger charge is -2.47. The van der Waals surface area contributed by atoms with Crippen molar-refractivity contribution in [2.75, 3.05) is 20.2 Å². The van der Waals surface area contributed by atoms with Crippen molar-refractivity contribution in [1.82, 2.24) is 19.9 Å². The van der Waals surface area contributed by atoms with Crippen molar-refractivity contribution in [3.8, 4) is 0 Å². The molecule has 1 fully saturated rings. The summed E-state index contributed by atoms with van der Waals surface area (Å²) in [5, 5.41) is 8.13. The van der Waals surface area contributed by atoms with Crippen LogP contribution < -0.4 is 0 Å². The minimum Gasteiger partial charge on any atom is -0.469 e. The largest absolute Gasteiger partial charge is 0.469 e. The van der Waals surface area contributed by atoms with E-state index in [1.807, 2.05) is 24.3 Å². The van der Waals surface area contributed by atoms with Crippen LogP contribution in [0.15, 0.2) is 103 Å². The monoisotopic (exact) mass is 506 g/mol. The molecule has 192 valence electrons. The molecule has 4 aromatic rings. The van der Waals surface area contributed by atoms with E-state index in [0.29, 0.717) is 37.3 Å². The summed E-state index contributed by atoms with van der Waals surface area (Å²) in [5.41, 5.74) is 4.17. The highest BCUT2D eigenvalue weighted by molar-refractivity contribution is 6.00. The molecule has 38 heavy (non-hydrogen) atoms. The first-order valence-corrected chi connectivity index (χ1v) is 12.7. The predicted molar refractivity (Wildman–Crippen MR) is 145 cm³/mol. The van der Waals surface area contributed by atoms with Crippen LogP contribution in [-0.2, 0) is 26.4 Å². The number of esters is 1. The Morgan fingerprint density at radius 3 is 2.00 bits per heavy atom. The summed E-state index contributed by atoms with van der Waals surface area (Å²) in [5.74, 6) is -0.220. The van der Waals surface area contributed by atoms with Crippen LogP contribution in [0.25, 0.3) is 6.08 Å². The number of aromatic nitrogens is 3. The van der Waals surface area contributed by atoms with Gasteiger partial charge in [-0.3, -0.25) is 14.5 Å². The number of ketones is 1. The average Bonchev–Trinajstić information content (AvgIpc) is 3.42. The Morgan fingerprint density at radius 1 is 0.921 bits per heavy atom. The number of aryl methyl sites for hydroxylation is 1. The Bertz CT molecular complexity index is 1320. The lowest BCUT2D eigenvalue weighted by molar-refractivity contribution is -0.140. The highest BCUT2D eigenvalue weighted by Gasteiger charge is 2.44. The molecule has 7 nitrogen and oxygen atoms in total. The Morgan fingerprint density at radius 2 is 1.47 bits per heavy atom. The van der Waals surface area contributed by atoms with Gasteiger partial charge in [-0.25, -0.2) is 4.68 Å². The number of piperidine rings is 1. The summed E-state index contributed by atoms with van der Waals surface area (Å²) in [6.45, 7) is 1.38. The van der Waals surface area contributed by atoms with E-state index in [2.05, 4.69) is 88.0 Å². The molecular weight excluding hydrogens is 476 g/mol. The van der Waals surface area contributed by atoms with Crippen LogP contribution in [0.5, 0.6) is 0 Å². The molecule has 5 rings (SSSR count). The second-order valence-electron chi connectivity index (χ2n) is 9.28. The van der Waals surface area contributed by atoms with Gasteiger partial charge in [-0.15, -0.1) is 5.10 Å². The average molecular weight is 507 g/mol. The molecule has 0 spiro atoms. The summed E-state index contributed by atoms with van der Waals surface area (Å²) >= 11 is 0. The number of benzene rings is 3. The number of hydrogen-bond acceptors (Lipinski definition) is 6. The molecule has 1 aromatic heterocycles. The topological polar surface area (TPSA) is 77.3 Å². The van der Waals surface area contributed by atoms with Gasteiger partial charge in [-0.1, -0.05) is 96.2 Å². The summed E-state index contributed by atoms with van der Waals surface area (Å²) in [6, 6.07) is 31.4. The van der Waals surface area contributed by atoms with Gasteiger partial charge in [-0.05, 0) is 22.8 Å². The smallest absolute Gasteiger partial charge is 0.307 e. The van der Waals surface area contributed by atoms with Crippen LogP contribution in [0.1, 0.15) is 35.2 Å². The first kappa shape index (κ1) is 25.3. The van der Waals surface area contributed by atoms with E-state index in [0.717, 1.165) is 16.7 Å². The van der Waals surface area contributed by atoms with E-state index in [1.54, 1.807) is 10.9 Å². The normalized spacial score (nSPS) is 15.5. The van der Waals surface area contributed by atoms with Gasteiger partial charge in [0.2, 0.25) is 0 Å². The molecular formula is C31H30N4O3. The number of carbonyl (C=O) groups is 2. The molecule has 0 saturated carbocycles. The first-order chi connectivity index (χ1) is 18.6. The van der Waals surface area contributed by atoms with Crippen molar-refractivity contribution in [3.63, 3.8) is 0 Å². The maximum absolute atomic E-state index is 13.2. The van der Waals surface area contributed by atoms with Crippen LogP contribution in [0.4, 0.5) is 0 Å². The molecule has 0 amide bonds. The van der Waals surface area contributed by atoms with Gasteiger partial charge < -0.3 is 4.74 Å². The zero-order valence-corrected chi connectivity index (χ0v) is 21.4. The highest BCUT2D eigenvalue weighted by Crippen LogP contribution is 2.43. The molecule has 1 aliphatic heterocycles. The highest BCUT2D eigenvalue weighted by atomic mass is 16.5. The lowest BCUT2D eigenvalue weighted by Crippen LogP contribution is -2.52. The summed E-state index contributed by atoms with van der Waals surface area (Å²) in [7, 11) is 1.36. The van der Waals surface area contributed by atoms with Gasteiger partial charge in [0.15, 0.2) is 5.78 Å². The van der Waals surface area contributed by atoms with Gasteiger partial charge in [0.1, 0.15) is 0 Å². The molecule has 0 atom stereocenters. The molecule has 0 unspecified atom stereocenters. The van der Waals surface area contributed by atoms with E-state index in [1.165, 1.54) is 7.11 Å². The number of likely N-dealkylation sites (tertiary alicyclic amines) is 1. The zero-order chi connectivity index (χ0) is 26.4. The van der Waals surface area contributed by atoms with Crippen molar-refractivity contribution >= 4 is 17.8 Å². The number of ether oxygens (including phenoxy) is 1. The molecule has 0 N–H and O–H groups in total. The maximum atomic E-state index is 13.2. The molecule has 3 aromatic carbocycles. The van der Waals surface area contributed by atoms with Crippen LogP contribution >= 0.6 is 0 Å². The fourth-order valence-electron chi connectivity index (χ4n) is 5.30.